The second-order valence-electron chi connectivity index (χ2n) is 5.59. The molecule has 1 aromatic heterocycles. The zero-order valence-electron chi connectivity index (χ0n) is 10.9. The number of fused-ring (bicyclic) bond motifs is 3. The average molecular weight is 270 g/mol. The number of nitrogens with zero attached hydrogens (tertiary/aromatic N) is 3. The molecule has 0 radical (unpaired) electrons. The predicted octanol–water partition coefficient (Wildman–Crippen LogP) is 1.29. The van der Waals surface area contributed by atoms with E-state index in [1.807, 2.05) is 11.0 Å². The molecule has 2 fully saturated rings. The van der Waals surface area contributed by atoms with Crippen molar-refractivity contribution in [2.24, 2.45) is 0 Å². The average Bonchev–Trinajstić information content (AvgIpc) is 3.00. The summed E-state index contributed by atoms with van der Waals surface area (Å²) in [5.41, 5.74) is 2.13. The van der Waals surface area contributed by atoms with Crippen molar-refractivity contribution in [2.45, 2.75) is 37.8 Å². The van der Waals surface area contributed by atoms with E-state index in [0.29, 0.717) is 23.9 Å². The minimum absolute atomic E-state index is 0.00917. The van der Waals surface area contributed by atoms with Gasteiger partial charge in [-0.3, -0.25) is 14.7 Å². The van der Waals surface area contributed by atoms with Crippen LogP contribution in [0.5, 0.6) is 0 Å². The van der Waals surface area contributed by atoms with Crippen LogP contribution in [0, 0.1) is 0 Å². The summed E-state index contributed by atoms with van der Waals surface area (Å²) in [5, 5.41) is 10.4. The molecule has 1 aromatic carbocycles. The van der Waals surface area contributed by atoms with E-state index >= 15 is 0 Å². The molecule has 2 aromatic rings. The number of Topliss-reactive ketones (excluding diaryl/α,β-unsaturated/α-hetero) is 1. The first-order chi connectivity index (χ1) is 9.72. The van der Waals surface area contributed by atoms with Crippen LogP contribution in [0.1, 0.15) is 36.0 Å². The minimum atomic E-state index is 0.00917. The molecule has 2 unspecified atom stereocenters. The molecular weight excluding hydrogens is 256 g/mol. The fraction of sp³-hybridized carbons (Fsp3) is 0.429. The summed E-state index contributed by atoms with van der Waals surface area (Å²) in [7, 11) is 0. The highest BCUT2D eigenvalue weighted by Gasteiger charge is 2.42. The second-order valence-corrected chi connectivity index (χ2v) is 5.59. The van der Waals surface area contributed by atoms with Gasteiger partial charge in [0.2, 0.25) is 0 Å². The number of aromatic nitrogens is 3. The Morgan fingerprint density at radius 3 is 2.75 bits per heavy atom. The van der Waals surface area contributed by atoms with Crippen molar-refractivity contribution in [3.63, 3.8) is 0 Å². The molecule has 0 aliphatic carbocycles. The number of H-pyrrole nitrogens is 1. The van der Waals surface area contributed by atoms with E-state index in [1.54, 1.807) is 12.1 Å². The Bertz CT molecular complexity index is 692. The molecule has 0 spiro atoms. The molecule has 1 amide bonds. The van der Waals surface area contributed by atoms with Crippen molar-refractivity contribution < 1.29 is 9.59 Å². The molecular formula is C14H14N4O2. The molecule has 1 N–H and O–H groups in total. The molecule has 6 nitrogen and oxygen atoms in total. The Labute approximate surface area is 115 Å². The van der Waals surface area contributed by atoms with Crippen LogP contribution in [0.4, 0.5) is 0 Å². The lowest BCUT2D eigenvalue weighted by Crippen LogP contribution is -2.46. The number of piperidine rings is 1. The number of carbonyl (C=O) groups is 2. The van der Waals surface area contributed by atoms with Crippen molar-refractivity contribution in [1.29, 1.82) is 0 Å². The summed E-state index contributed by atoms with van der Waals surface area (Å²) in [6.45, 7) is 0. The summed E-state index contributed by atoms with van der Waals surface area (Å²) < 4.78 is 0. The number of rotatable bonds is 1. The highest BCUT2D eigenvalue weighted by atomic mass is 16.2. The van der Waals surface area contributed by atoms with Crippen molar-refractivity contribution in [3.8, 4) is 0 Å². The Morgan fingerprint density at radius 2 is 2.00 bits per heavy atom. The van der Waals surface area contributed by atoms with Crippen molar-refractivity contribution in [3.05, 3.63) is 23.8 Å². The van der Waals surface area contributed by atoms with E-state index in [4.69, 9.17) is 0 Å². The number of nitrogens with one attached hydrogen (secondary N) is 1. The van der Waals surface area contributed by atoms with Crippen LogP contribution in [-0.2, 0) is 4.79 Å². The monoisotopic (exact) mass is 270 g/mol. The molecule has 20 heavy (non-hydrogen) atoms. The molecule has 3 heterocycles. The first-order valence-electron chi connectivity index (χ1n) is 6.87. The maximum atomic E-state index is 12.7. The molecule has 2 atom stereocenters. The van der Waals surface area contributed by atoms with Crippen LogP contribution in [0.3, 0.4) is 0 Å². The van der Waals surface area contributed by atoms with E-state index in [-0.39, 0.29) is 23.8 Å². The third-order valence-electron chi connectivity index (χ3n) is 4.35. The molecule has 0 saturated carbocycles. The molecule has 2 aliphatic heterocycles. The molecule has 102 valence electrons. The summed E-state index contributed by atoms with van der Waals surface area (Å²) in [4.78, 5) is 26.2. The lowest BCUT2D eigenvalue weighted by Gasteiger charge is -2.34. The van der Waals surface area contributed by atoms with Gasteiger partial charge in [-0.2, -0.15) is 0 Å². The highest BCUT2D eigenvalue weighted by molar-refractivity contribution is 5.99. The van der Waals surface area contributed by atoms with Crippen LogP contribution >= 0.6 is 0 Å². The van der Waals surface area contributed by atoms with Gasteiger partial charge in [0.05, 0.1) is 5.52 Å². The van der Waals surface area contributed by atoms with E-state index in [2.05, 4.69) is 15.4 Å². The van der Waals surface area contributed by atoms with Crippen LogP contribution in [0.25, 0.3) is 11.0 Å². The lowest BCUT2D eigenvalue weighted by atomic mass is 10.00. The van der Waals surface area contributed by atoms with E-state index in [9.17, 15) is 9.59 Å². The minimum Gasteiger partial charge on any atom is -0.332 e. The number of carbonyl (C=O) groups excluding carboxylic acids is 2. The van der Waals surface area contributed by atoms with Crippen molar-refractivity contribution in [2.75, 3.05) is 0 Å². The maximum Gasteiger partial charge on any atom is 0.254 e. The number of hydrogen-bond donors (Lipinski definition) is 1. The zero-order chi connectivity index (χ0) is 13.7. The largest absolute Gasteiger partial charge is 0.332 e. The van der Waals surface area contributed by atoms with Crippen molar-refractivity contribution in [1.82, 2.24) is 20.3 Å². The molecule has 2 bridgehead atoms. The van der Waals surface area contributed by atoms with Crippen molar-refractivity contribution >= 4 is 22.7 Å². The fourth-order valence-corrected chi connectivity index (χ4v) is 3.43. The number of hydrogen-bond acceptors (Lipinski definition) is 4. The highest BCUT2D eigenvalue weighted by Crippen LogP contribution is 2.35. The van der Waals surface area contributed by atoms with Gasteiger partial charge in [0.15, 0.2) is 0 Å². The van der Waals surface area contributed by atoms with E-state index < -0.39 is 0 Å². The predicted molar refractivity (Wildman–Crippen MR) is 71.1 cm³/mol. The molecule has 2 saturated heterocycles. The maximum absolute atomic E-state index is 12.7. The van der Waals surface area contributed by atoms with Gasteiger partial charge in [-0.15, -0.1) is 5.10 Å². The SMILES string of the molecule is O=C1CC2CCC(C1)N2C(=O)c1ccc2[nH]nnc2c1. The third-order valence-corrected chi connectivity index (χ3v) is 4.35. The Morgan fingerprint density at radius 1 is 1.25 bits per heavy atom. The normalized spacial score (nSPS) is 25.4. The Hall–Kier alpha value is -2.24. The van der Waals surface area contributed by atoms with Gasteiger partial charge in [0.25, 0.3) is 5.91 Å². The van der Waals surface area contributed by atoms with Gasteiger partial charge in [0, 0.05) is 30.5 Å². The standard InChI is InChI=1S/C14H14N4O2/c19-11-6-9-2-3-10(7-11)18(9)14(20)8-1-4-12-13(5-8)16-17-15-12/h1,4-5,9-10H,2-3,6-7H2,(H,15,16,17). The smallest absolute Gasteiger partial charge is 0.254 e. The summed E-state index contributed by atoms with van der Waals surface area (Å²) in [6, 6.07) is 5.54. The summed E-state index contributed by atoms with van der Waals surface area (Å²) in [5.74, 6) is 0.295. The van der Waals surface area contributed by atoms with Crippen LogP contribution < -0.4 is 0 Å². The lowest BCUT2D eigenvalue weighted by molar-refractivity contribution is -0.122. The number of benzene rings is 1. The second kappa shape index (κ2) is 4.13. The van der Waals surface area contributed by atoms with Gasteiger partial charge < -0.3 is 4.90 Å². The van der Waals surface area contributed by atoms with Gasteiger partial charge in [-0.25, -0.2) is 0 Å². The first kappa shape index (κ1) is 11.6. The van der Waals surface area contributed by atoms with Gasteiger partial charge in [-0.1, -0.05) is 5.21 Å². The molecule has 6 heteroatoms. The number of ketones is 1. The number of amides is 1. The summed E-state index contributed by atoms with van der Waals surface area (Å²) >= 11 is 0. The van der Waals surface area contributed by atoms with Gasteiger partial charge >= 0.3 is 0 Å². The molecule has 2 aliphatic rings. The van der Waals surface area contributed by atoms with E-state index in [1.165, 1.54) is 0 Å². The molecule has 4 rings (SSSR count). The zero-order valence-corrected chi connectivity index (χ0v) is 10.9. The van der Waals surface area contributed by atoms with Crippen LogP contribution in [0.15, 0.2) is 18.2 Å². The van der Waals surface area contributed by atoms with Crippen LogP contribution in [-0.4, -0.2) is 44.1 Å². The topological polar surface area (TPSA) is 79.0 Å². The van der Waals surface area contributed by atoms with Gasteiger partial charge in [0.1, 0.15) is 11.3 Å². The van der Waals surface area contributed by atoms with E-state index in [0.717, 1.165) is 18.4 Å². The fourth-order valence-electron chi connectivity index (χ4n) is 3.43. The summed E-state index contributed by atoms with van der Waals surface area (Å²) in [6.07, 6.45) is 2.89. The quantitative estimate of drug-likeness (QED) is 0.847. The van der Waals surface area contributed by atoms with Crippen LogP contribution in [0.2, 0.25) is 0 Å². The Balaban J connectivity index is 1.68. The Kier molecular flexibility index (Phi) is 2.39. The number of aromatic amines is 1. The van der Waals surface area contributed by atoms with Gasteiger partial charge in [-0.05, 0) is 31.0 Å². The first-order valence-corrected chi connectivity index (χ1v) is 6.87. The third kappa shape index (κ3) is 1.64.